The molecule has 0 unspecified atom stereocenters. The number of hydrogen-bond donors (Lipinski definition) is 1. The quantitative estimate of drug-likeness (QED) is 0.482. The molecule has 0 spiro atoms. The SMILES string of the molecule is CS(=O)(=O)N(CCCC(=O)NCCSc1ccccc1)c1ccc(F)cc1. The maximum Gasteiger partial charge on any atom is 0.232 e. The number of hydrogen-bond acceptors (Lipinski definition) is 4. The molecule has 146 valence electrons. The van der Waals surface area contributed by atoms with E-state index in [0.29, 0.717) is 18.7 Å². The molecule has 0 aliphatic rings. The number of nitrogens with zero attached hydrogens (tertiary/aromatic N) is 1. The molecule has 0 atom stereocenters. The van der Waals surface area contributed by atoms with Crippen LogP contribution in [0.3, 0.4) is 0 Å². The van der Waals surface area contributed by atoms with Crippen LogP contribution < -0.4 is 9.62 Å². The van der Waals surface area contributed by atoms with Gasteiger partial charge in [0, 0.05) is 30.2 Å². The summed E-state index contributed by atoms with van der Waals surface area (Å²) in [4.78, 5) is 13.1. The van der Waals surface area contributed by atoms with Crippen molar-refractivity contribution < 1.29 is 17.6 Å². The number of carbonyl (C=O) groups excluding carboxylic acids is 1. The predicted octanol–water partition coefficient (Wildman–Crippen LogP) is 3.28. The van der Waals surface area contributed by atoms with Gasteiger partial charge in [-0.2, -0.15) is 0 Å². The van der Waals surface area contributed by atoms with Gasteiger partial charge in [-0.1, -0.05) is 18.2 Å². The van der Waals surface area contributed by atoms with Gasteiger partial charge in [0.25, 0.3) is 0 Å². The average molecular weight is 411 g/mol. The van der Waals surface area contributed by atoms with E-state index in [9.17, 15) is 17.6 Å². The molecule has 8 heteroatoms. The van der Waals surface area contributed by atoms with Gasteiger partial charge in [-0.3, -0.25) is 9.10 Å². The van der Waals surface area contributed by atoms with Crippen LogP contribution in [0, 0.1) is 5.82 Å². The highest BCUT2D eigenvalue weighted by molar-refractivity contribution is 7.99. The van der Waals surface area contributed by atoms with Crippen LogP contribution in [-0.2, 0) is 14.8 Å². The Morgan fingerprint density at radius 3 is 2.41 bits per heavy atom. The second kappa shape index (κ2) is 10.3. The number of nitrogens with one attached hydrogen (secondary N) is 1. The summed E-state index contributed by atoms with van der Waals surface area (Å²) >= 11 is 1.66. The normalized spacial score (nSPS) is 11.2. The molecular formula is C19H23FN2O3S2. The van der Waals surface area contributed by atoms with E-state index in [1.165, 1.54) is 28.6 Å². The Kier molecular flexibility index (Phi) is 8.12. The van der Waals surface area contributed by atoms with Gasteiger partial charge >= 0.3 is 0 Å². The maximum absolute atomic E-state index is 13.0. The lowest BCUT2D eigenvalue weighted by molar-refractivity contribution is -0.121. The van der Waals surface area contributed by atoms with Crippen LogP contribution >= 0.6 is 11.8 Å². The van der Waals surface area contributed by atoms with Crippen molar-refractivity contribution >= 4 is 33.4 Å². The molecule has 0 aliphatic carbocycles. The molecule has 27 heavy (non-hydrogen) atoms. The molecule has 0 heterocycles. The number of benzene rings is 2. The van der Waals surface area contributed by atoms with Crippen LogP contribution in [-0.4, -0.2) is 39.4 Å². The van der Waals surface area contributed by atoms with Crippen molar-refractivity contribution in [2.75, 3.05) is 29.4 Å². The monoisotopic (exact) mass is 410 g/mol. The zero-order valence-electron chi connectivity index (χ0n) is 15.1. The highest BCUT2D eigenvalue weighted by Crippen LogP contribution is 2.19. The molecule has 0 aromatic heterocycles. The zero-order valence-corrected chi connectivity index (χ0v) is 16.7. The van der Waals surface area contributed by atoms with E-state index in [1.54, 1.807) is 11.8 Å². The van der Waals surface area contributed by atoms with Crippen molar-refractivity contribution in [2.24, 2.45) is 0 Å². The van der Waals surface area contributed by atoms with Crippen LogP contribution in [0.2, 0.25) is 0 Å². The molecule has 1 amide bonds. The predicted molar refractivity (Wildman–Crippen MR) is 108 cm³/mol. The first-order valence-corrected chi connectivity index (χ1v) is 11.4. The highest BCUT2D eigenvalue weighted by Gasteiger charge is 2.17. The van der Waals surface area contributed by atoms with Gasteiger partial charge in [-0.15, -0.1) is 11.8 Å². The molecule has 2 aromatic carbocycles. The van der Waals surface area contributed by atoms with Crippen LogP contribution in [0.5, 0.6) is 0 Å². The number of amides is 1. The Bertz CT molecular complexity index is 828. The lowest BCUT2D eigenvalue weighted by Gasteiger charge is -2.22. The summed E-state index contributed by atoms with van der Waals surface area (Å²) in [7, 11) is -3.50. The third-order valence-corrected chi connectivity index (χ3v) is 5.92. The van der Waals surface area contributed by atoms with Gasteiger partial charge in [0.05, 0.1) is 11.9 Å². The summed E-state index contributed by atoms with van der Waals surface area (Å²) in [5.74, 6) is 0.219. The molecule has 0 saturated carbocycles. The number of rotatable bonds is 10. The van der Waals surface area contributed by atoms with Gasteiger partial charge in [-0.25, -0.2) is 12.8 Å². The summed E-state index contributed by atoms with van der Waals surface area (Å²) in [6.07, 6.45) is 1.70. The Morgan fingerprint density at radius 1 is 1.11 bits per heavy atom. The van der Waals surface area contributed by atoms with Crippen molar-refractivity contribution in [1.29, 1.82) is 0 Å². The molecule has 0 radical (unpaired) electrons. The number of thioether (sulfide) groups is 1. The zero-order chi connectivity index (χ0) is 19.7. The Morgan fingerprint density at radius 2 is 1.78 bits per heavy atom. The van der Waals surface area contributed by atoms with Gasteiger partial charge in [0.1, 0.15) is 5.82 Å². The standard InChI is InChI=1S/C19H23FN2O3S2/c1-27(24,25)22(17-11-9-16(20)10-12-17)14-5-8-19(23)21-13-15-26-18-6-3-2-4-7-18/h2-4,6-7,9-12H,5,8,13-15H2,1H3,(H,21,23). The summed E-state index contributed by atoms with van der Waals surface area (Å²) in [5, 5.41) is 2.84. The number of carbonyl (C=O) groups is 1. The summed E-state index contributed by atoms with van der Waals surface area (Å²) in [5.41, 5.74) is 0.388. The second-order valence-electron chi connectivity index (χ2n) is 5.93. The first kappa shape index (κ1) is 21.2. The van der Waals surface area contributed by atoms with Gasteiger partial charge in [0.15, 0.2) is 0 Å². The van der Waals surface area contributed by atoms with E-state index in [0.717, 1.165) is 16.9 Å². The molecule has 0 bridgehead atoms. The molecule has 0 aliphatic heterocycles. The van der Waals surface area contributed by atoms with Crippen LogP contribution in [0.1, 0.15) is 12.8 Å². The smallest absolute Gasteiger partial charge is 0.232 e. The van der Waals surface area contributed by atoms with Crippen molar-refractivity contribution in [3.05, 3.63) is 60.4 Å². The summed E-state index contributed by atoms with van der Waals surface area (Å²) in [6, 6.07) is 15.2. The first-order valence-electron chi connectivity index (χ1n) is 8.54. The largest absolute Gasteiger partial charge is 0.355 e. The third kappa shape index (κ3) is 7.60. The lowest BCUT2D eigenvalue weighted by atomic mass is 10.2. The van der Waals surface area contributed by atoms with Gasteiger partial charge < -0.3 is 5.32 Å². The van der Waals surface area contributed by atoms with E-state index in [4.69, 9.17) is 0 Å². The number of anilines is 1. The van der Waals surface area contributed by atoms with Crippen LogP contribution in [0.25, 0.3) is 0 Å². The van der Waals surface area contributed by atoms with Crippen molar-refractivity contribution in [2.45, 2.75) is 17.7 Å². The number of halogens is 1. The van der Waals surface area contributed by atoms with Gasteiger partial charge in [0.2, 0.25) is 15.9 Å². The van der Waals surface area contributed by atoms with Gasteiger partial charge in [-0.05, 0) is 42.8 Å². The molecule has 0 saturated heterocycles. The molecule has 0 fully saturated rings. The van der Waals surface area contributed by atoms with Crippen molar-refractivity contribution in [3.8, 4) is 0 Å². The minimum absolute atomic E-state index is 0.115. The molecule has 2 aromatic rings. The minimum atomic E-state index is -3.50. The van der Waals surface area contributed by atoms with Crippen LogP contribution in [0.15, 0.2) is 59.5 Å². The topological polar surface area (TPSA) is 66.5 Å². The van der Waals surface area contributed by atoms with E-state index in [2.05, 4.69) is 5.32 Å². The fourth-order valence-electron chi connectivity index (χ4n) is 2.44. The molecule has 5 nitrogen and oxygen atoms in total. The molecular weight excluding hydrogens is 387 g/mol. The minimum Gasteiger partial charge on any atom is -0.355 e. The molecule has 2 rings (SSSR count). The highest BCUT2D eigenvalue weighted by atomic mass is 32.2. The van der Waals surface area contributed by atoms with E-state index < -0.39 is 15.8 Å². The van der Waals surface area contributed by atoms with E-state index in [1.807, 2.05) is 30.3 Å². The first-order chi connectivity index (χ1) is 12.9. The molecule has 1 N–H and O–H groups in total. The third-order valence-electron chi connectivity index (χ3n) is 3.72. The van der Waals surface area contributed by atoms with E-state index >= 15 is 0 Å². The lowest BCUT2D eigenvalue weighted by Crippen LogP contribution is -2.32. The Labute approximate surface area is 164 Å². The number of sulfonamides is 1. The fourth-order valence-corrected chi connectivity index (χ4v) is 4.20. The summed E-state index contributed by atoms with van der Waals surface area (Å²) in [6.45, 7) is 0.711. The van der Waals surface area contributed by atoms with Crippen LogP contribution in [0.4, 0.5) is 10.1 Å². The summed E-state index contributed by atoms with van der Waals surface area (Å²) < 4.78 is 38.2. The van der Waals surface area contributed by atoms with Crippen molar-refractivity contribution in [1.82, 2.24) is 5.32 Å². The average Bonchev–Trinajstić information content (AvgIpc) is 2.63. The van der Waals surface area contributed by atoms with E-state index in [-0.39, 0.29) is 18.9 Å². The maximum atomic E-state index is 13.0. The fraction of sp³-hybridized carbons (Fsp3) is 0.316. The Hall–Kier alpha value is -2.06. The van der Waals surface area contributed by atoms with Crippen molar-refractivity contribution in [3.63, 3.8) is 0 Å². The second-order valence-corrected chi connectivity index (χ2v) is 9.00. The Balaban J connectivity index is 1.74.